The summed E-state index contributed by atoms with van der Waals surface area (Å²) in [5, 5.41) is 14.0. The van der Waals surface area contributed by atoms with Gasteiger partial charge >= 0.3 is 6.09 Å². The second-order valence-electron chi connectivity index (χ2n) is 8.51. The van der Waals surface area contributed by atoms with Crippen LogP contribution in [0.5, 0.6) is 0 Å². The lowest BCUT2D eigenvalue weighted by molar-refractivity contribution is 0.0521. The lowest BCUT2D eigenvalue weighted by atomic mass is 10.0. The van der Waals surface area contributed by atoms with Crippen LogP contribution in [0.3, 0.4) is 0 Å². The summed E-state index contributed by atoms with van der Waals surface area (Å²) in [5.74, 6) is 1.09. The molecule has 1 amide bonds. The van der Waals surface area contributed by atoms with E-state index < -0.39 is 0 Å². The molecule has 2 aromatic heterocycles. The molecule has 154 valence electrons. The maximum Gasteiger partial charge on any atom is 0.407 e. The molecule has 6 bridgehead atoms. The molecular weight excluding hydrogens is 370 g/mol. The summed E-state index contributed by atoms with van der Waals surface area (Å²) in [6.45, 7) is 2.56. The van der Waals surface area contributed by atoms with Crippen molar-refractivity contribution in [1.29, 1.82) is 0 Å². The Morgan fingerprint density at radius 3 is 2.97 bits per heavy atom. The summed E-state index contributed by atoms with van der Waals surface area (Å²) < 4.78 is 11.7. The van der Waals surface area contributed by atoms with Crippen LogP contribution in [-0.2, 0) is 9.47 Å². The third-order valence-corrected chi connectivity index (χ3v) is 6.33. The van der Waals surface area contributed by atoms with E-state index in [-0.39, 0.29) is 23.8 Å². The predicted octanol–water partition coefficient (Wildman–Crippen LogP) is 3.92. The van der Waals surface area contributed by atoms with Crippen LogP contribution in [0.1, 0.15) is 68.9 Å². The minimum absolute atomic E-state index is 0.0478. The lowest BCUT2D eigenvalue weighted by Gasteiger charge is -2.21. The average Bonchev–Trinajstić information content (AvgIpc) is 3.09. The number of carbonyl (C=O) groups is 1. The minimum Gasteiger partial charge on any atom is -0.446 e. The average molecular weight is 397 g/mol. The van der Waals surface area contributed by atoms with Crippen LogP contribution >= 0.6 is 0 Å². The van der Waals surface area contributed by atoms with E-state index in [9.17, 15) is 4.79 Å². The van der Waals surface area contributed by atoms with Gasteiger partial charge in [-0.3, -0.25) is 10.1 Å². The van der Waals surface area contributed by atoms with E-state index in [0.717, 1.165) is 61.4 Å². The number of amides is 1. The number of aromatic nitrogens is 3. The first-order valence-electron chi connectivity index (χ1n) is 10.5. The van der Waals surface area contributed by atoms with Crippen molar-refractivity contribution in [2.45, 2.75) is 69.1 Å². The first-order chi connectivity index (χ1) is 14.1. The Labute approximate surface area is 169 Å². The Bertz CT molecular complexity index is 894. The Hall–Kier alpha value is -2.61. The van der Waals surface area contributed by atoms with Crippen LogP contribution < -0.4 is 10.6 Å². The fourth-order valence-electron chi connectivity index (χ4n) is 4.34. The number of anilines is 2. The van der Waals surface area contributed by atoms with Crippen molar-refractivity contribution in [3.8, 4) is 0 Å². The van der Waals surface area contributed by atoms with Gasteiger partial charge in [0.1, 0.15) is 6.10 Å². The number of nitrogens with zero attached hydrogens (tertiary/aromatic N) is 2. The van der Waals surface area contributed by atoms with Gasteiger partial charge in [0.25, 0.3) is 0 Å². The smallest absolute Gasteiger partial charge is 0.407 e. The summed E-state index contributed by atoms with van der Waals surface area (Å²) in [4.78, 5) is 16.9. The SMILES string of the molecule is C[C@@H]1OCCC2(CC2)NC(=O)O[C@@H]2CC[C@@H](C2)c2cc(n[nH]2)Nc2ccnc1c2. The maximum absolute atomic E-state index is 12.4. The fraction of sp³-hybridized carbons (Fsp3) is 0.571. The number of hydrogen-bond acceptors (Lipinski definition) is 6. The molecule has 8 nitrogen and oxygen atoms in total. The number of ether oxygens (including phenoxy) is 2. The highest BCUT2D eigenvalue weighted by atomic mass is 16.6. The van der Waals surface area contributed by atoms with Crippen molar-refractivity contribution >= 4 is 17.6 Å². The molecular formula is C21H27N5O3. The molecule has 3 aliphatic rings. The Kier molecular flexibility index (Phi) is 4.66. The third kappa shape index (κ3) is 4.07. The molecule has 0 aromatic carbocycles. The van der Waals surface area contributed by atoms with Crippen molar-refractivity contribution in [3.05, 3.63) is 35.8 Å². The van der Waals surface area contributed by atoms with Crippen molar-refractivity contribution < 1.29 is 14.3 Å². The zero-order valence-electron chi connectivity index (χ0n) is 16.6. The van der Waals surface area contributed by atoms with E-state index in [1.165, 1.54) is 0 Å². The molecule has 5 rings (SSSR count). The number of aromatic amines is 1. The largest absolute Gasteiger partial charge is 0.446 e. The maximum atomic E-state index is 12.4. The molecule has 8 heteroatoms. The quantitative estimate of drug-likeness (QED) is 0.623. The first kappa shape index (κ1) is 18.4. The van der Waals surface area contributed by atoms with E-state index in [4.69, 9.17) is 9.47 Å². The number of nitrogens with one attached hydrogen (secondary N) is 3. The summed E-state index contributed by atoms with van der Waals surface area (Å²) in [5.41, 5.74) is 2.70. The topological polar surface area (TPSA) is 101 Å². The van der Waals surface area contributed by atoms with Crippen LogP contribution in [0.4, 0.5) is 16.3 Å². The Balaban J connectivity index is 1.38. The predicted molar refractivity (Wildman–Crippen MR) is 107 cm³/mol. The third-order valence-electron chi connectivity index (χ3n) is 6.33. The van der Waals surface area contributed by atoms with Crippen LogP contribution in [0.2, 0.25) is 0 Å². The molecule has 29 heavy (non-hydrogen) atoms. The number of carbonyl (C=O) groups excluding carboxylic acids is 1. The summed E-state index contributed by atoms with van der Waals surface area (Å²) in [7, 11) is 0. The molecule has 3 atom stereocenters. The number of hydrogen-bond donors (Lipinski definition) is 3. The van der Waals surface area contributed by atoms with Crippen molar-refractivity contribution in [1.82, 2.24) is 20.5 Å². The van der Waals surface area contributed by atoms with Gasteiger partial charge in [0.2, 0.25) is 0 Å². The molecule has 0 unspecified atom stereocenters. The zero-order chi connectivity index (χ0) is 19.8. The molecule has 2 aromatic rings. The lowest BCUT2D eigenvalue weighted by Crippen LogP contribution is -2.39. The summed E-state index contributed by atoms with van der Waals surface area (Å²) in [6, 6.07) is 5.96. The van der Waals surface area contributed by atoms with E-state index >= 15 is 0 Å². The summed E-state index contributed by atoms with van der Waals surface area (Å²) in [6.07, 6.45) is 6.71. The van der Waals surface area contributed by atoms with Gasteiger partial charge in [0, 0.05) is 41.7 Å². The second-order valence-corrected chi connectivity index (χ2v) is 8.51. The molecule has 3 heterocycles. The number of pyridine rings is 1. The molecule has 2 fully saturated rings. The van der Waals surface area contributed by atoms with Gasteiger partial charge in [0.15, 0.2) is 5.82 Å². The van der Waals surface area contributed by atoms with Gasteiger partial charge in [-0.2, -0.15) is 5.10 Å². The van der Waals surface area contributed by atoms with Crippen molar-refractivity contribution in [3.63, 3.8) is 0 Å². The monoisotopic (exact) mass is 397 g/mol. The van der Waals surface area contributed by atoms with Gasteiger partial charge in [-0.05, 0) is 57.6 Å². The molecule has 3 N–H and O–H groups in total. The van der Waals surface area contributed by atoms with Gasteiger partial charge in [0.05, 0.1) is 11.8 Å². The highest BCUT2D eigenvalue weighted by molar-refractivity contribution is 5.69. The van der Waals surface area contributed by atoms with Crippen molar-refractivity contribution in [2.75, 3.05) is 11.9 Å². The number of alkyl carbamates (subject to hydrolysis) is 1. The van der Waals surface area contributed by atoms with Gasteiger partial charge < -0.3 is 20.1 Å². The Morgan fingerprint density at radius 1 is 1.21 bits per heavy atom. The van der Waals surface area contributed by atoms with Gasteiger partial charge in [-0.25, -0.2) is 4.79 Å². The highest BCUT2D eigenvalue weighted by Crippen LogP contribution is 2.40. The van der Waals surface area contributed by atoms with Crippen LogP contribution in [0.15, 0.2) is 24.4 Å². The van der Waals surface area contributed by atoms with E-state index in [1.807, 2.05) is 25.1 Å². The normalized spacial score (nSPS) is 28.6. The Morgan fingerprint density at radius 2 is 2.10 bits per heavy atom. The van der Waals surface area contributed by atoms with Crippen LogP contribution in [0.25, 0.3) is 0 Å². The number of fused-ring (bicyclic) bond motifs is 7. The standard InChI is InChI=1S/C21H27N5O3/c1-13-17-11-15(4-8-22-17)23-19-12-18(25-26-19)14-2-3-16(10-14)29-20(27)24-21(5-6-21)7-9-28-13/h4,8,11-14,16H,2-3,5-7,9-10H2,1H3,(H,24,27)(H2,23,25,26)/t13-,14-,16+/m0/s1. The molecule has 1 aliphatic heterocycles. The first-order valence-corrected chi connectivity index (χ1v) is 10.5. The molecule has 0 saturated heterocycles. The number of H-pyrrole nitrogens is 1. The molecule has 2 saturated carbocycles. The van der Waals surface area contributed by atoms with E-state index in [0.29, 0.717) is 12.5 Å². The minimum atomic E-state index is -0.302. The molecule has 0 radical (unpaired) electrons. The van der Waals surface area contributed by atoms with E-state index in [1.54, 1.807) is 6.20 Å². The molecule has 2 aliphatic carbocycles. The highest BCUT2D eigenvalue weighted by Gasteiger charge is 2.44. The van der Waals surface area contributed by atoms with Crippen molar-refractivity contribution in [2.24, 2.45) is 0 Å². The van der Waals surface area contributed by atoms with Crippen LogP contribution in [0, 0.1) is 0 Å². The van der Waals surface area contributed by atoms with Gasteiger partial charge in [-0.15, -0.1) is 0 Å². The number of rotatable bonds is 0. The summed E-state index contributed by atoms with van der Waals surface area (Å²) >= 11 is 0. The molecule has 1 spiro atoms. The zero-order valence-corrected chi connectivity index (χ0v) is 16.6. The fourth-order valence-corrected chi connectivity index (χ4v) is 4.34. The van der Waals surface area contributed by atoms with E-state index in [2.05, 4.69) is 25.8 Å². The second kappa shape index (κ2) is 7.33. The van der Waals surface area contributed by atoms with Crippen LogP contribution in [-0.4, -0.2) is 39.5 Å². The van der Waals surface area contributed by atoms with Gasteiger partial charge in [-0.1, -0.05) is 0 Å².